The van der Waals surface area contributed by atoms with E-state index in [1.54, 1.807) is 4.90 Å². The molecule has 0 radical (unpaired) electrons. The summed E-state index contributed by atoms with van der Waals surface area (Å²) in [5.41, 5.74) is 0. The van der Waals surface area contributed by atoms with E-state index >= 15 is 0 Å². The van der Waals surface area contributed by atoms with Gasteiger partial charge in [0.1, 0.15) is 6.04 Å². The number of hydrogen-bond acceptors (Lipinski definition) is 5. The van der Waals surface area contributed by atoms with Crippen molar-refractivity contribution in [1.29, 1.82) is 0 Å². The van der Waals surface area contributed by atoms with Gasteiger partial charge in [-0.05, 0) is 32.6 Å². The van der Waals surface area contributed by atoms with Gasteiger partial charge in [0.15, 0.2) is 0 Å². The molecule has 0 spiro atoms. The first-order valence-corrected chi connectivity index (χ1v) is 11.8. The molecule has 2 aliphatic heterocycles. The highest BCUT2D eigenvalue weighted by molar-refractivity contribution is 7.89. The zero-order valence-electron chi connectivity index (χ0n) is 16.7. The number of carbonyl (C=O) groups is 2. The minimum absolute atomic E-state index is 0.00129. The normalized spacial score (nSPS) is 23.0. The first-order valence-electron chi connectivity index (χ1n) is 10.2. The molecule has 8 nitrogen and oxygen atoms in total. The van der Waals surface area contributed by atoms with E-state index in [-0.39, 0.29) is 17.6 Å². The zero-order valence-corrected chi connectivity index (χ0v) is 17.5. The fourth-order valence-corrected chi connectivity index (χ4v) is 5.62. The van der Waals surface area contributed by atoms with Crippen LogP contribution >= 0.6 is 0 Å². The van der Waals surface area contributed by atoms with E-state index in [9.17, 15) is 18.0 Å². The Bertz CT molecular complexity index is 610. The van der Waals surface area contributed by atoms with E-state index in [1.807, 2.05) is 13.8 Å². The monoisotopic (exact) mass is 402 g/mol. The summed E-state index contributed by atoms with van der Waals surface area (Å²) in [5.74, 6) is 0.0209. The molecule has 2 heterocycles. The minimum atomic E-state index is -3.39. The van der Waals surface area contributed by atoms with Crippen LogP contribution in [0, 0.1) is 0 Å². The molecule has 156 valence electrons. The first-order chi connectivity index (χ1) is 12.9. The summed E-state index contributed by atoms with van der Waals surface area (Å²) >= 11 is 0. The Kier molecular flexibility index (Phi) is 8.50. The molecule has 0 aromatic rings. The third-order valence-corrected chi connectivity index (χ3v) is 7.28. The number of hydrogen-bond donors (Lipinski definition) is 1. The summed E-state index contributed by atoms with van der Waals surface area (Å²) in [7, 11) is -3.39. The molecule has 9 heteroatoms. The van der Waals surface area contributed by atoms with Crippen LogP contribution in [-0.4, -0.2) is 91.9 Å². The molecule has 1 unspecified atom stereocenters. The van der Waals surface area contributed by atoms with Crippen molar-refractivity contribution in [2.24, 2.45) is 0 Å². The summed E-state index contributed by atoms with van der Waals surface area (Å²) in [6, 6.07) is -0.565. The molecule has 2 rings (SSSR count). The Hall–Kier alpha value is -1.19. The highest BCUT2D eigenvalue weighted by atomic mass is 32.2. The molecule has 0 bridgehead atoms. The summed E-state index contributed by atoms with van der Waals surface area (Å²) < 4.78 is 26.6. The number of nitrogens with zero attached hydrogens (tertiary/aromatic N) is 3. The minimum Gasteiger partial charge on any atom is -0.355 e. The van der Waals surface area contributed by atoms with Crippen molar-refractivity contribution in [3.8, 4) is 0 Å². The molecule has 1 N–H and O–H groups in total. The highest BCUT2D eigenvalue weighted by Crippen LogP contribution is 2.23. The fourth-order valence-electron chi connectivity index (χ4n) is 3.88. The molecule has 2 saturated heterocycles. The maximum atomic E-state index is 13.1. The zero-order chi connectivity index (χ0) is 19.9. The third-order valence-electron chi connectivity index (χ3n) is 5.20. The van der Waals surface area contributed by atoms with E-state index in [0.717, 1.165) is 25.8 Å². The van der Waals surface area contributed by atoms with Crippen LogP contribution in [0.5, 0.6) is 0 Å². The average molecular weight is 403 g/mol. The lowest BCUT2D eigenvalue weighted by Crippen LogP contribution is -2.54. The fraction of sp³-hybridized carbons (Fsp3) is 0.889. The molecule has 2 amide bonds. The van der Waals surface area contributed by atoms with Crippen LogP contribution in [-0.2, 0) is 19.6 Å². The molecule has 2 aliphatic rings. The molecule has 0 aromatic heterocycles. The van der Waals surface area contributed by atoms with E-state index in [0.29, 0.717) is 52.1 Å². The second-order valence-corrected chi connectivity index (χ2v) is 9.39. The predicted octanol–water partition coefficient (Wildman–Crippen LogP) is 0.251. The van der Waals surface area contributed by atoms with Gasteiger partial charge in [0, 0.05) is 39.3 Å². The largest absolute Gasteiger partial charge is 0.355 e. The van der Waals surface area contributed by atoms with Crippen LogP contribution < -0.4 is 5.32 Å². The Morgan fingerprint density at radius 3 is 2.48 bits per heavy atom. The van der Waals surface area contributed by atoms with Gasteiger partial charge in [-0.3, -0.25) is 14.5 Å². The van der Waals surface area contributed by atoms with E-state index in [2.05, 4.69) is 10.2 Å². The van der Waals surface area contributed by atoms with Crippen molar-refractivity contribution in [3.05, 3.63) is 0 Å². The van der Waals surface area contributed by atoms with Crippen molar-refractivity contribution in [2.45, 2.75) is 52.0 Å². The predicted molar refractivity (Wildman–Crippen MR) is 105 cm³/mol. The number of carbonyl (C=O) groups excluding carboxylic acids is 2. The van der Waals surface area contributed by atoms with E-state index in [1.165, 1.54) is 4.31 Å². The van der Waals surface area contributed by atoms with Crippen molar-refractivity contribution in [1.82, 2.24) is 19.4 Å². The van der Waals surface area contributed by atoms with Gasteiger partial charge in [0.05, 0.1) is 12.3 Å². The molecule has 0 aromatic carbocycles. The van der Waals surface area contributed by atoms with Gasteiger partial charge in [-0.15, -0.1) is 0 Å². The SMILES string of the molecule is CCCS(=O)(=O)N1CCCCC1C(=O)N1CCCN(CC(=O)NCC)CC1. The average Bonchev–Trinajstić information content (AvgIpc) is 2.87. The van der Waals surface area contributed by atoms with Gasteiger partial charge in [0.2, 0.25) is 21.8 Å². The maximum Gasteiger partial charge on any atom is 0.241 e. The number of piperidine rings is 1. The quantitative estimate of drug-likeness (QED) is 0.659. The van der Waals surface area contributed by atoms with Crippen LogP contribution in [0.3, 0.4) is 0 Å². The van der Waals surface area contributed by atoms with Crippen molar-refractivity contribution >= 4 is 21.8 Å². The van der Waals surface area contributed by atoms with Crippen molar-refractivity contribution < 1.29 is 18.0 Å². The van der Waals surface area contributed by atoms with Crippen LogP contribution in [0.2, 0.25) is 0 Å². The summed E-state index contributed by atoms with van der Waals surface area (Å²) in [4.78, 5) is 28.8. The van der Waals surface area contributed by atoms with Gasteiger partial charge < -0.3 is 10.2 Å². The van der Waals surface area contributed by atoms with Crippen LogP contribution in [0.1, 0.15) is 46.0 Å². The van der Waals surface area contributed by atoms with Crippen LogP contribution in [0.25, 0.3) is 0 Å². The Balaban J connectivity index is 2.00. The molecule has 27 heavy (non-hydrogen) atoms. The molecule has 1 atom stereocenters. The number of amides is 2. The second kappa shape index (κ2) is 10.4. The number of rotatable bonds is 7. The number of nitrogens with one attached hydrogen (secondary N) is 1. The van der Waals surface area contributed by atoms with Crippen LogP contribution in [0.4, 0.5) is 0 Å². The second-order valence-electron chi connectivity index (χ2n) is 7.35. The Morgan fingerprint density at radius 1 is 1.00 bits per heavy atom. The Morgan fingerprint density at radius 2 is 1.78 bits per heavy atom. The van der Waals surface area contributed by atoms with Gasteiger partial charge in [-0.1, -0.05) is 13.3 Å². The molecule has 2 fully saturated rings. The molecule has 0 saturated carbocycles. The molecular formula is C18H34N4O4S. The van der Waals surface area contributed by atoms with E-state index < -0.39 is 16.1 Å². The smallest absolute Gasteiger partial charge is 0.241 e. The Labute approximate surface area is 163 Å². The lowest BCUT2D eigenvalue weighted by molar-refractivity contribution is -0.136. The van der Waals surface area contributed by atoms with Gasteiger partial charge in [0.25, 0.3) is 0 Å². The summed E-state index contributed by atoms with van der Waals surface area (Å²) in [5, 5.41) is 2.80. The molecular weight excluding hydrogens is 368 g/mol. The lowest BCUT2D eigenvalue weighted by atomic mass is 10.0. The maximum absolute atomic E-state index is 13.1. The highest BCUT2D eigenvalue weighted by Gasteiger charge is 2.38. The first kappa shape index (κ1) is 22.1. The lowest BCUT2D eigenvalue weighted by Gasteiger charge is -2.36. The van der Waals surface area contributed by atoms with Crippen LogP contribution in [0.15, 0.2) is 0 Å². The van der Waals surface area contributed by atoms with Gasteiger partial charge in [-0.2, -0.15) is 4.31 Å². The van der Waals surface area contributed by atoms with Gasteiger partial charge >= 0.3 is 0 Å². The summed E-state index contributed by atoms with van der Waals surface area (Å²) in [6.07, 6.45) is 3.64. The van der Waals surface area contributed by atoms with Crippen molar-refractivity contribution in [2.75, 3.05) is 51.6 Å². The number of likely N-dealkylation sites (N-methyl/N-ethyl adjacent to an activating group) is 1. The van der Waals surface area contributed by atoms with Gasteiger partial charge in [-0.25, -0.2) is 8.42 Å². The third kappa shape index (κ3) is 6.15. The van der Waals surface area contributed by atoms with E-state index in [4.69, 9.17) is 0 Å². The van der Waals surface area contributed by atoms with Crippen molar-refractivity contribution in [3.63, 3.8) is 0 Å². The number of sulfonamides is 1. The standard InChI is InChI=1S/C18H34N4O4S/c1-3-14-27(25,26)22-11-6-5-8-16(22)18(24)21-10-7-9-20(12-13-21)15-17(23)19-4-2/h16H,3-15H2,1-2H3,(H,19,23). The topological polar surface area (TPSA) is 90.0 Å². The molecule has 0 aliphatic carbocycles. The summed E-state index contributed by atoms with van der Waals surface area (Å²) in [6.45, 7) is 7.69.